The summed E-state index contributed by atoms with van der Waals surface area (Å²) in [6.07, 6.45) is 3.09. The third-order valence-electron chi connectivity index (χ3n) is 3.53. The highest BCUT2D eigenvalue weighted by atomic mass is 16.5. The van der Waals surface area contributed by atoms with Gasteiger partial charge in [-0.25, -0.2) is 0 Å². The molecule has 3 rings (SSSR count). The van der Waals surface area contributed by atoms with Gasteiger partial charge in [-0.2, -0.15) is 0 Å². The van der Waals surface area contributed by atoms with E-state index in [9.17, 15) is 0 Å². The molecule has 0 radical (unpaired) electrons. The van der Waals surface area contributed by atoms with E-state index in [4.69, 9.17) is 9.47 Å². The molecule has 108 valence electrons. The Bertz CT molecular complexity index is 704. The zero-order valence-electron chi connectivity index (χ0n) is 12.2. The first-order chi connectivity index (χ1) is 10.4. The Labute approximate surface area is 124 Å². The van der Waals surface area contributed by atoms with Gasteiger partial charge >= 0.3 is 0 Å². The van der Waals surface area contributed by atoms with Crippen LogP contribution in [0.15, 0.2) is 60.8 Å². The molecule has 0 aliphatic carbocycles. The van der Waals surface area contributed by atoms with E-state index in [0.29, 0.717) is 0 Å². The summed E-state index contributed by atoms with van der Waals surface area (Å²) in [4.78, 5) is 0. The number of rotatable bonds is 6. The highest BCUT2D eigenvalue weighted by Gasteiger charge is 2.02. The van der Waals surface area contributed by atoms with Crippen molar-refractivity contribution in [2.75, 3.05) is 13.7 Å². The van der Waals surface area contributed by atoms with Crippen molar-refractivity contribution in [1.82, 2.24) is 4.57 Å². The summed E-state index contributed by atoms with van der Waals surface area (Å²) in [7, 11) is 1.69. The minimum atomic E-state index is 0.722. The predicted molar refractivity (Wildman–Crippen MR) is 85.0 cm³/mol. The van der Waals surface area contributed by atoms with Gasteiger partial charge in [-0.1, -0.05) is 18.2 Å². The van der Waals surface area contributed by atoms with E-state index in [1.54, 1.807) is 7.11 Å². The van der Waals surface area contributed by atoms with Gasteiger partial charge < -0.3 is 14.0 Å². The number of nitrogens with zero attached hydrogens (tertiary/aromatic N) is 1. The van der Waals surface area contributed by atoms with Crippen LogP contribution in [0.4, 0.5) is 0 Å². The van der Waals surface area contributed by atoms with Crippen molar-refractivity contribution < 1.29 is 9.47 Å². The number of aromatic nitrogens is 1. The lowest BCUT2D eigenvalue weighted by atomic mass is 10.2. The molecule has 0 atom stereocenters. The van der Waals surface area contributed by atoms with Crippen LogP contribution in [0.1, 0.15) is 6.42 Å². The van der Waals surface area contributed by atoms with Crippen molar-refractivity contribution in [3.8, 4) is 11.5 Å². The molecule has 1 heterocycles. The molecule has 0 bridgehead atoms. The van der Waals surface area contributed by atoms with Crippen LogP contribution in [-0.4, -0.2) is 18.3 Å². The second-order valence-electron chi connectivity index (χ2n) is 4.95. The fraction of sp³-hybridized carbons (Fsp3) is 0.222. The Kier molecular flexibility index (Phi) is 4.10. The molecule has 0 saturated carbocycles. The third-order valence-corrected chi connectivity index (χ3v) is 3.53. The number of aryl methyl sites for hydroxylation is 1. The van der Waals surface area contributed by atoms with Crippen LogP contribution in [-0.2, 0) is 6.54 Å². The highest BCUT2D eigenvalue weighted by Crippen LogP contribution is 2.22. The number of methoxy groups -OCH3 is 1. The van der Waals surface area contributed by atoms with Crippen LogP contribution >= 0.6 is 0 Å². The Balaban J connectivity index is 1.58. The standard InChI is InChI=1S/C18H19NO2/c1-20-17-8-9-18-15(14-17)10-12-19(18)11-5-13-21-16-6-3-2-4-7-16/h2-4,6-10,12,14H,5,11,13H2,1H3. The molecule has 3 nitrogen and oxygen atoms in total. The summed E-state index contributed by atoms with van der Waals surface area (Å²) in [5.41, 5.74) is 1.23. The van der Waals surface area contributed by atoms with Crippen molar-refractivity contribution in [1.29, 1.82) is 0 Å². The van der Waals surface area contributed by atoms with Gasteiger partial charge in [0.25, 0.3) is 0 Å². The molecule has 0 spiro atoms. The molecule has 0 fully saturated rings. The first-order valence-corrected chi connectivity index (χ1v) is 7.17. The molecule has 21 heavy (non-hydrogen) atoms. The van der Waals surface area contributed by atoms with E-state index in [1.807, 2.05) is 36.4 Å². The Morgan fingerprint density at radius 3 is 2.62 bits per heavy atom. The highest BCUT2D eigenvalue weighted by molar-refractivity contribution is 5.81. The molecule has 0 amide bonds. The van der Waals surface area contributed by atoms with E-state index in [2.05, 4.69) is 29.0 Å². The average Bonchev–Trinajstić information content (AvgIpc) is 2.95. The summed E-state index contributed by atoms with van der Waals surface area (Å²) in [5.74, 6) is 1.83. The molecule has 0 aliphatic heterocycles. The third kappa shape index (κ3) is 3.19. The molecule has 3 aromatic rings. The van der Waals surface area contributed by atoms with Crippen LogP contribution in [0.2, 0.25) is 0 Å². The normalized spacial score (nSPS) is 10.7. The number of fused-ring (bicyclic) bond motifs is 1. The van der Waals surface area contributed by atoms with Gasteiger partial charge in [-0.15, -0.1) is 0 Å². The summed E-state index contributed by atoms with van der Waals surface area (Å²) in [6, 6.07) is 18.2. The van der Waals surface area contributed by atoms with Gasteiger partial charge in [-0.3, -0.25) is 0 Å². The number of para-hydroxylation sites is 1. The lowest BCUT2D eigenvalue weighted by molar-refractivity contribution is 0.302. The van der Waals surface area contributed by atoms with E-state index >= 15 is 0 Å². The van der Waals surface area contributed by atoms with Crippen LogP contribution in [0, 0.1) is 0 Å². The van der Waals surface area contributed by atoms with E-state index < -0.39 is 0 Å². The number of benzene rings is 2. The summed E-state index contributed by atoms with van der Waals surface area (Å²) < 4.78 is 13.2. The van der Waals surface area contributed by atoms with Gasteiger partial charge in [0.15, 0.2) is 0 Å². The molecule has 0 saturated heterocycles. The maximum absolute atomic E-state index is 5.72. The lowest BCUT2D eigenvalue weighted by Crippen LogP contribution is -2.03. The van der Waals surface area contributed by atoms with Gasteiger partial charge in [-0.05, 0) is 42.8 Å². The Morgan fingerprint density at radius 1 is 0.952 bits per heavy atom. The fourth-order valence-corrected chi connectivity index (χ4v) is 2.44. The van der Waals surface area contributed by atoms with Crippen LogP contribution in [0.5, 0.6) is 11.5 Å². The largest absolute Gasteiger partial charge is 0.497 e. The lowest BCUT2D eigenvalue weighted by Gasteiger charge is -2.08. The minimum absolute atomic E-state index is 0.722. The number of hydrogen-bond donors (Lipinski definition) is 0. The molecule has 2 aromatic carbocycles. The fourth-order valence-electron chi connectivity index (χ4n) is 2.44. The van der Waals surface area contributed by atoms with Crippen molar-refractivity contribution in [3.63, 3.8) is 0 Å². The second-order valence-corrected chi connectivity index (χ2v) is 4.95. The predicted octanol–water partition coefficient (Wildman–Crippen LogP) is 4.12. The zero-order valence-corrected chi connectivity index (χ0v) is 12.2. The quantitative estimate of drug-likeness (QED) is 0.634. The Hall–Kier alpha value is -2.42. The van der Waals surface area contributed by atoms with Crippen LogP contribution < -0.4 is 9.47 Å². The minimum Gasteiger partial charge on any atom is -0.497 e. The van der Waals surface area contributed by atoms with Gasteiger partial charge in [0.1, 0.15) is 11.5 Å². The van der Waals surface area contributed by atoms with Crippen LogP contribution in [0.3, 0.4) is 0 Å². The smallest absolute Gasteiger partial charge is 0.119 e. The summed E-state index contributed by atoms with van der Waals surface area (Å²) in [6.45, 7) is 1.67. The molecule has 0 N–H and O–H groups in total. The number of hydrogen-bond acceptors (Lipinski definition) is 2. The van der Waals surface area contributed by atoms with Crippen LogP contribution in [0.25, 0.3) is 10.9 Å². The molecule has 0 aliphatic rings. The van der Waals surface area contributed by atoms with Gasteiger partial charge in [0, 0.05) is 23.6 Å². The first-order valence-electron chi connectivity index (χ1n) is 7.17. The monoisotopic (exact) mass is 281 g/mol. The topological polar surface area (TPSA) is 23.4 Å². The number of ether oxygens (including phenoxy) is 2. The molecule has 1 aromatic heterocycles. The Morgan fingerprint density at radius 2 is 1.81 bits per heavy atom. The van der Waals surface area contributed by atoms with E-state index in [0.717, 1.165) is 31.1 Å². The zero-order chi connectivity index (χ0) is 14.5. The maximum atomic E-state index is 5.72. The maximum Gasteiger partial charge on any atom is 0.119 e. The second kappa shape index (κ2) is 6.35. The van der Waals surface area contributed by atoms with E-state index in [1.165, 1.54) is 10.9 Å². The molecular weight excluding hydrogens is 262 g/mol. The van der Waals surface area contributed by atoms with Gasteiger partial charge in [0.05, 0.1) is 13.7 Å². The van der Waals surface area contributed by atoms with Crippen molar-refractivity contribution in [3.05, 3.63) is 60.8 Å². The van der Waals surface area contributed by atoms with Crippen molar-refractivity contribution in [2.45, 2.75) is 13.0 Å². The summed E-state index contributed by atoms with van der Waals surface area (Å²) >= 11 is 0. The summed E-state index contributed by atoms with van der Waals surface area (Å²) in [5, 5.41) is 1.21. The van der Waals surface area contributed by atoms with Crippen molar-refractivity contribution >= 4 is 10.9 Å². The molecular formula is C18H19NO2. The SMILES string of the molecule is COc1ccc2c(ccn2CCCOc2ccccc2)c1. The molecule has 0 unspecified atom stereocenters. The van der Waals surface area contributed by atoms with Crippen molar-refractivity contribution in [2.24, 2.45) is 0 Å². The first kappa shape index (κ1) is 13.6. The van der Waals surface area contributed by atoms with E-state index in [-0.39, 0.29) is 0 Å². The molecule has 3 heteroatoms. The average molecular weight is 281 g/mol. The van der Waals surface area contributed by atoms with Gasteiger partial charge in [0.2, 0.25) is 0 Å².